The monoisotopic (exact) mass is 201 g/mol. The van der Waals surface area contributed by atoms with Gasteiger partial charge in [0.15, 0.2) is 0 Å². The number of carbonyl (C=O) groups is 1. The highest BCUT2D eigenvalue weighted by Crippen LogP contribution is 2.18. The largest absolute Gasteiger partial charge is 0.465 e. The normalized spacial score (nSPS) is 11.9. The molecule has 0 amide bonds. The first-order valence-corrected chi connectivity index (χ1v) is 5.47. The molecule has 0 aliphatic carbocycles. The molecule has 0 aromatic heterocycles. The summed E-state index contributed by atoms with van der Waals surface area (Å²) < 4.78 is 5.09. The fraction of sp³-hybridized carbons (Fsp3) is 0.909. The molecule has 0 radical (unpaired) electrons. The van der Waals surface area contributed by atoms with Gasteiger partial charge in [-0.3, -0.25) is 10.1 Å². The van der Waals surface area contributed by atoms with Crippen LogP contribution in [0.1, 0.15) is 47.5 Å². The fourth-order valence-electron chi connectivity index (χ4n) is 1.62. The Morgan fingerprint density at radius 2 is 1.79 bits per heavy atom. The minimum Gasteiger partial charge on any atom is -0.465 e. The lowest BCUT2D eigenvalue weighted by atomic mass is 9.92. The van der Waals surface area contributed by atoms with E-state index in [-0.39, 0.29) is 5.97 Å². The average molecular weight is 201 g/mol. The summed E-state index contributed by atoms with van der Waals surface area (Å²) >= 11 is 0. The molecule has 14 heavy (non-hydrogen) atoms. The Kier molecular flexibility index (Phi) is 5.77. The molecule has 0 saturated carbocycles. The van der Waals surface area contributed by atoms with Crippen molar-refractivity contribution in [2.24, 2.45) is 0 Å². The minimum absolute atomic E-state index is 0.126. The molecular weight excluding hydrogens is 178 g/mol. The van der Waals surface area contributed by atoms with Crippen molar-refractivity contribution >= 4 is 5.97 Å². The summed E-state index contributed by atoms with van der Waals surface area (Å²) in [5.41, 5.74) is -0.496. The maximum absolute atomic E-state index is 11.8. The van der Waals surface area contributed by atoms with Crippen LogP contribution in [-0.2, 0) is 9.53 Å². The van der Waals surface area contributed by atoms with Crippen LogP contribution in [0.5, 0.6) is 0 Å². The zero-order valence-corrected chi connectivity index (χ0v) is 10.0. The zero-order valence-electron chi connectivity index (χ0n) is 10.0. The molecule has 0 aromatic carbocycles. The predicted octanol–water partition coefficient (Wildman–Crippen LogP) is 2.11. The average Bonchev–Trinajstić information content (AvgIpc) is 2.14. The summed E-state index contributed by atoms with van der Waals surface area (Å²) in [7, 11) is 0. The number of esters is 1. The highest BCUT2D eigenvalue weighted by atomic mass is 16.5. The van der Waals surface area contributed by atoms with Gasteiger partial charge in [-0.1, -0.05) is 13.8 Å². The third-order valence-electron chi connectivity index (χ3n) is 2.44. The molecular formula is C11H23NO2. The molecule has 1 N–H and O–H groups in total. The summed E-state index contributed by atoms with van der Waals surface area (Å²) in [5, 5.41) is 3.30. The van der Waals surface area contributed by atoms with E-state index < -0.39 is 5.54 Å². The zero-order chi connectivity index (χ0) is 11.2. The van der Waals surface area contributed by atoms with Crippen LogP contribution in [0.3, 0.4) is 0 Å². The van der Waals surface area contributed by atoms with Crippen LogP contribution in [0, 0.1) is 0 Å². The lowest BCUT2D eigenvalue weighted by molar-refractivity contribution is -0.152. The van der Waals surface area contributed by atoms with Crippen LogP contribution in [0.15, 0.2) is 0 Å². The van der Waals surface area contributed by atoms with E-state index in [1.54, 1.807) is 0 Å². The van der Waals surface area contributed by atoms with Crippen LogP contribution in [-0.4, -0.2) is 24.2 Å². The van der Waals surface area contributed by atoms with Crippen LogP contribution in [0.25, 0.3) is 0 Å². The quantitative estimate of drug-likeness (QED) is 0.669. The molecule has 3 heteroatoms. The second-order valence-corrected chi connectivity index (χ2v) is 3.81. The van der Waals surface area contributed by atoms with E-state index in [9.17, 15) is 4.79 Å². The van der Waals surface area contributed by atoms with Gasteiger partial charge in [-0.2, -0.15) is 0 Å². The number of hydrogen-bond donors (Lipinski definition) is 1. The third kappa shape index (κ3) is 3.29. The molecule has 0 fully saturated rings. The van der Waals surface area contributed by atoms with Crippen molar-refractivity contribution in [3.63, 3.8) is 0 Å². The summed E-state index contributed by atoms with van der Waals surface area (Å²) in [4.78, 5) is 11.8. The topological polar surface area (TPSA) is 38.3 Å². The summed E-state index contributed by atoms with van der Waals surface area (Å²) in [6, 6.07) is 0.291. The maximum atomic E-state index is 11.8. The van der Waals surface area contributed by atoms with Crippen LogP contribution in [0.4, 0.5) is 0 Å². The van der Waals surface area contributed by atoms with Crippen molar-refractivity contribution in [3.8, 4) is 0 Å². The van der Waals surface area contributed by atoms with Crippen molar-refractivity contribution in [2.75, 3.05) is 6.61 Å². The third-order valence-corrected chi connectivity index (χ3v) is 2.44. The van der Waals surface area contributed by atoms with E-state index >= 15 is 0 Å². The van der Waals surface area contributed by atoms with Crippen molar-refractivity contribution < 1.29 is 9.53 Å². The van der Waals surface area contributed by atoms with E-state index in [0.29, 0.717) is 12.6 Å². The van der Waals surface area contributed by atoms with Gasteiger partial charge in [-0.15, -0.1) is 0 Å². The van der Waals surface area contributed by atoms with Crippen molar-refractivity contribution in [3.05, 3.63) is 0 Å². The van der Waals surface area contributed by atoms with Gasteiger partial charge in [0.05, 0.1) is 6.61 Å². The van der Waals surface area contributed by atoms with Crippen LogP contribution >= 0.6 is 0 Å². The molecule has 0 unspecified atom stereocenters. The maximum Gasteiger partial charge on any atom is 0.326 e. The van der Waals surface area contributed by atoms with Gasteiger partial charge in [-0.25, -0.2) is 0 Å². The molecule has 84 valence electrons. The van der Waals surface area contributed by atoms with Gasteiger partial charge in [0.2, 0.25) is 0 Å². The van der Waals surface area contributed by atoms with Crippen molar-refractivity contribution in [1.82, 2.24) is 5.32 Å². The fourth-order valence-corrected chi connectivity index (χ4v) is 1.62. The molecule has 0 heterocycles. The molecule has 0 aliphatic heterocycles. The van der Waals surface area contributed by atoms with E-state index in [1.807, 2.05) is 34.6 Å². The molecule has 0 rings (SSSR count). The number of ether oxygens (including phenoxy) is 1. The Morgan fingerprint density at radius 1 is 1.29 bits per heavy atom. The Morgan fingerprint density at radius 3 is 2.07 bits per heavy atom. The van der Waals surface area contributed by atoms with E-state index in [4.69, 9.17) is 4.74 Å². The van der Waals surface area contributed by atoms with E-state index in [0.717, 1.165) is 12.8 Å². The second kappa shape index (κ2) is 6.02. The van der Waals surface area contributed by atoms with Gasteiger partial charge in [0, 0.05) is 6.04 Å². The lowest BCUT2D eigenvalue weighted by Gasteiger charge is -2.32. The first-order chi connectivity index (χ1) is 6.52. The molecule has 3 nitrogen and oxygen atoms in total. The van der Waals surface area contributed by atoms with Crippen LogP contribution in [0.2, 0.25) is 0 Å². The minimum atomic E-state index is -0.496. The van der Waals surface area contributed by atoms with Gasteiger partial charge in [0.25, 0.3) is 0 Å². The SMILES string of the molecule is CCOC(=O)C(CC)(CC)NC(C)C. The van der Waals surface area contributed by atoms with Gasteiger partial charge in [0.1, 0.15) is 5.54 Å². The first kappa shape index (κ1) is 13.4. The number of nitrogens with one attached hydrogen (secondary N) is 1. The van der Waals surface area contributed by atoms with Crippen molar-refractivity contribution in [1.29, 1.82) is 0 Å². The summed E-state index contributed by atoms with van der Waals surface area (Å²) in [6.07, 6.45) is 1.53. The van der Waals surface area contributed by atoms with Gasteiger partial charge in [-0.05, 0) is 33.6 Å². The van der Waals surface area contributed by atoms with Gasteiger partial charge >= 0.3 is 5.97 Å². The molecule has 0 saturated heterocycles. The molecule has 0 aromatic rings. The standard InChI is InChI=1S/C11H23NO2/c1-6-11(7-2,12-9(4)5)10(13)14-8-3/h9,12H,6-8H2,1-5H3. The molecule has 0 bridgehead atoms. The molecule has 0 spiro atoms. The Balaban J connectivity index is 4.59. The van der Waals surface area contributed by atoms with Gasteiger partial charge < -0.3 is 4.74 Å². The smallest absolute Gasteiger partial charge is 0.326 e. The highest BCUT2D eigenvalue weighted by Gasteiger charge is 2.36. The molecule has 0 aliphatic rings. The lowest BCUT2D eigenvalue weighted by Crippen LogP contribution is -2.54. The Labute approximate surface area is 87.2 Å². The number of rotatable bonds is 6. The van der Waals surface area contributed by atoms with Crippen molar-refractivity contribution in [2.45, 2.75) is 59.0 Å². The predicted molar refractivity (Wildman–Crippen MR) is 58.2 cm³/mol. The summed E-state index contributed by atoms with van der Waals surface area (Å²) in [5.74, 6) is -0.126. The second-order valence-electron chi connectivity index (χ2n) is 3.81. The highest BCUT2D eigenvalue weighted by molar-refractivity contribution is 5.80. The van der Waals surface area contributed by atoms with E-state index in [1.165, 1.54) is 0 Å². The molecule has 0 atom stereocenters. The number of hydrogen-bond acceptors (Lipinski definition) is 3. The Hall–Kier alpha value is -0.570. The van der Waals surface area contributed by atoms with Crippen LogP contribution < -0.4 is 5.32 Å². The Bertz CT molecular complexity index is 174. The number of carbonyl (C=O) groups excluding carboxylic acids is 1. The van der Waals surface area contributed by atoms with E-state index in [2.05, 4.69) is 5.32 Å². The summed E-state index contributed by atoms with van der Waals surface area (Å²) in [6.45, 7) is 10.4. The first-order valence-electron chi connectivity index (χ1n) is 5.47.